The van der Waals surface area contributed by atoms with E-state index in [2.05, 4.69) is 16.5 Å². The summed E-state index contributed by atoms with van der Waals surface area (Å²) >= 11 is 6.12. The number of benzene rings is 2. The number of nitro groups is 1. The molecule has 0 aliphatic carbocycles. The predicted octanol–water partition coefficient (Wildman–Crippen LogP) is 3.30. The number of nitriles is 1. The van der Waals surface area contributed by atoms with Crippen molar-refractivity contribution in [2.24, 2.45) is 0 Å². The van der Waals surface area contributed by atoms with Gasteiger partial charge in [-0.25, -0.2) is 0 Å². The number of fused-ring (bicyclic) bond motifs is 1. The van der Waals surface area contributed by atoms with E-state index in [9.17, 15) is 14.9 Å². The molecule has 0 radical (unpaired) electrons. The van der Waals surface area contributed by atoms with Crippen LogP contribution in [-0.2, 0) is 17.8 Å². The van der Waals surface area contributed by atoms with Crippen LogP contribution in [-0.4, -0.2) is 20.6 Å². The van der Waals surface area contributed by atoms with Gasteiger partial charge < -0.3 is 5.32 Å². The number of nitro benzene ring substituents is 1. The van der Waals surface area contributed by atoms with Crippen LogP contribution >= 0.6 is 11.6 Å². The minimum atomic E-state index is -0.536. The second kappa shape index (κ2) is 7.21. The zero-order valence-corrected chi connectivity index (χ0v) is 14.1. The molecule has 8 nitrogen and oxygen atoms in total. The molecule has 0 aliphatic rings. The van der Waals surface area contributed by atoms with Crippen LogP contribution in [0.4, 0.5) is 11.4 Å². The highest BCUT2D eigenvalue weighted by Crippen LogP contribution is 2.29. The number of non-ortho nitro benzene ring substituents is 1. The summed E-state index contributed by atoms with van der Waals surface area (Å²) in [6.45, 7) is -0.0963. The molecule has 0 saturated carbocycles. The number of carbonyl (C=O) groups excluding carboxylic acids is 1. The number of amides is 1. The number of anilines is 1. The summed E-state index contributed by atoms with van der Waals surface area (Å²) in [6.07, 6.45) is 1.73. The Kier molecular flexibility index (Phi) is 4.82. The molecule has 1 amide bonds. The highest BCUT2D eigenvalue weighted by Gasteiger charge is 2.16. The smallest absolute Gasteiger partial charge is 0.271 e. The minimum Gasteiger partial charge on any atom is -0.324 e. The van der Waals surface area contributed by atoms with Crippen molar-refractivity contribution in [3.05, 3.63) is 63.3 Å². The highest BCUT2D eigenvalue weighted by molar-refractivity contribution is 6.35. The number of halogens is 1. The predicted molar refractivity (Wildman–Crippen MR) is 95.8 cm³/mol. The van der Waals surface area contributed by atoms with E-state index in [4.69, 9.17) is 16.9 Å². The van der Waals surface area contributed by atoms with Gasteiger partial charge in [-0.3, -0.25) is 19.6 Å². The van der Waals surface area contributed by atoms with Gasteiger partial charge in [-0.1, -0.05) is 23.7 Å². The lowest BCUT2D eigenvalue weighted by atomic mass is 10.1. The SMILES string of the molecule is N#CCc1ccc(NC(=O)Cn2ncc3cc([N+](=O)[O-])cc(Cl)c32)cc1. The molecule has 0 atom stereocenters. The molecule has 1 aromatic heterocycles. The van der Waals surface area contributed by atoms with E-state index in [0.717, 1.165) is 5.56 Å². The molecule has 3 aromatic rings. The zero-order chi connectivity index (χ0) is 18.7. The van der Waals surface area contributed by atoms with Crippen LogP contribution < -0.4 is 5.32 Å². The molecule has 0 aliphatic heterocycles. The van der Waals surface area contributed by atoms with Gasteiger partial charge in [0.05, 0.1) is 34.1 Å². The molecule has 26 heavy (non-hydrogen) atoms. The Hall–Kier alpha value is -3.44. The molecule has 0 saturated heterocycles. The quantitative estimate of drug-likeness (QED) is 0.547. The lowest BCUT2D eigenvalue weighted by molar-refractivity contribution is -0.384. The van der Waals surface area contributed by atoms with Crippen molar-refractivity contribution >= 4 is 39.8 Å². The zero-order valence-electron chi connectivity index (χ0n) is 13.3. The fourth-order valence-electron chi connectivity index (χ4n) is 2.52. The summed E-state index contributed by atoms with van der Waals surface area (Å²) in [5, 5.41) is 27.0. The van der Waals surface area contributed by atoms with E-state index in [1.165, 1.54) is 23.0 Å². The van der Waals surface area contributed by atoms with Gasteiger partial charge >= 0.3 is 0 Å². The van der Waals surface area contributed by atoms with Gasteiger partial charge in [0.25, 0.3) is 5.69 Å². The second-order valence-electron chi connectivity index (χ2n) is 5.50. The number of hydrogen-bond acceptors (Lipinski definition) is 5. The van der Waals surface area contributed by atoms with E-state index in [1.807, 2.05) is 0 Å². The third kappa shape index (κ3) is 3.63. The summed E-state index contributed by atoms with van der Waals surface area (Å²) in [7, 11) is 0. The maximum absolute atomic E-state index is 12.2. The van der Waals surface area contributed by atoms with Crippen molar-refractivity contribution in [3.63, 3.8) is 0 Å². The number of rotatable bonds is 5. The van der Waals surface area contributed by atoms with Crippen LogP contribution in [0, 0.1) is 21.4 Å². The monoisotopic (exact) mass is 369 g/mol. The Labute approximate surface area is 152 Å². The van der Waals surface area contributed by atoms with E-state index in [-0.39, 0.29) is 23.2 Å². The first-order valence-corrected chi connectivity index (χ1v) is 7.91. The fourth-order valence-corrected chi connectivity index (χ4v) is 2.84. The lowest BCUT2D eigenvalue weighted by Crippen LogP contribution is -2.19. The average Bonchev–Trinajstić information content (AvgIpc) is 3.00. The standard InChI is InChI=1S/C17H12ClN5O3/c18-15-8-14(23(25)26)7-12-9-20-22(17(12)15)10-16(24)21-13-3-1-11(2-4-13)5-6-19/h1-4,7-9H,5,10H2,(H,21,24). The first-order valence-electron chi connectivity index (χ1n) is 7.53. The van der Waals surface area contributed by atoms with Crippen LogP contribution in [0.15, 0.2) is 42.6 Å². The van der Waals surface area contributed by atoms with Crippen LogP contribution in [0.1, 0.15) is 5.56 Å². The molecule has 130 valence electrons. The fraction of sp³-hybridized carbons (Fsp3) is 0.118. The van der Waals surface area contributed by atoms with Crippen molar-refractivity contribution in [2.45, 2.75) is 13.0 Å². The topological polar surface area (TPSA) is 114 Å². The molecule has 2 aromatic carbocycles. The average molecular weight is 370 g/mol. The lowest BCUT2D eigenvalue weighted by Gasteiger charge is -2.07. The van der Waals surface area contributed by atoms with Crippen molar-refractivity contribution in [1.29, 1.82) is 5.26 Å². The van der Waals surface area contributed by atoms with Crippen molar-refractivity contribution in [3.8, 4) is 6.07 Å². The third-order valence-electron chi connectivity index (χ3n) is 3.70. The van der Waals surface area contributed by atoms with Gasteiger partial charge in [0.15, 0.2) is 0 Å². The van der Waals surface area contributed by atoms with E-state index >= 15 is 0 Å². The Morgan fingerprint density at radius 1 is 1.35 bits per heavy atom. The van der Waals surface area contributed by atoms with Crippen LogP contribution in [0.5, 0.6) is 0 Å². The first kappa shape index (κ1) is 17.4. The Morgan fingerprint density at radius 2 is 2.08 bits per heavy atom. The van der Waals surface area contributed by atoms with E-state index in [1.54, 1.807) is 24.3 Å². The largest absolute Gasteiger partial charge is 0.324 e. The molecule has 1 N–H and O–H groups in total. The summed E-state index contributed by atoms with van der Waals surface area (Å²) < 4.78 is 1.39. The molecular weight excluding hydrogens is 358 g/mol. The van der Waals surface area contributed by atoms with Gasteiger partial charge in [-0.2, -0.15) is 10.4 Å². The van der Waals surface area contributed by atoms with Gasteiger partial charge in [0.2, 0.25) is 5.91 Å². The number of hydrogen-bond donors (Lipinski definition) is 1. The molecule has 9 heteroatoms. The maximum atomic E-state index is 12.2. The molecule has 0 fully saturated rings. The van der Waals surface area contributed by atoms with Crippen molar-refractivity contribution in [1.82, 2.24) is 9.78 Å². The highest BCUT2D eigenvalue weighted by atomic mass is 35.5. The van der Waals surface area contributed by atoms with Gasteiger partial charge in [-0.15, -0.1) is 0 Å². The Bertz CT molecular complexity index is 1040. The molecule has 3 rings (SSSR count). The molecule has 0 bridgehead atoms. The second-order valence-corrected chi connectivity index (χ2v) is 5.91. The van der Waals surface area contributed by atoms with Crippen LogP contribution in [0.2, 0.25) is 5.02 Å². The molecule has 0 unspecified atom stereocenters. The van der Waals surface area contributed by atoms with E-state index in [0.29, 0.717) is 23.0 Å². The summed E-state index contributed by atoms with van der Waals surface area (Å²) in [5.74, 6) is -0.322. The molecule has 0 spiro atoms. The molecular formula is C17H12ClN5O3. The van der Waals surface area contributed by atoms with Crippen LogP contribution in [0.3, 0.4) is 0 Å². The van der Waals surface area contributed by atoms with Gasteiger partial charge in [-0.05, 0) is 17.7 Å². The third-order valence-corrected chi connectivity index (χ3v) is 3.99. The number of aromatic nitrogens is 2. The Morgan fingerprint density at radius 3 is 2.73 bits per heavy atom. The first-order chi connectivity index (χ1) is 12.5. The minimum absolute atomic E-state index is 0.0963. The normalized spacial score (nSPS) is 10.5. The van der Waals surface area contributed by atoms with Crippen molar-refractivity contribution in [2.75, 3.05) is 5.32 Å². The maximum Gasteiger partial charge on any atom is 0.271 e. The van der Waals surface area contributed by atoms with Gasteiger partial charge in [0, 0.05) is 23.2 Å². The van der Waals surface area contributed by atoms with Crippen molar-refractivity contribution < 1.29 is 9.72 Å². The van der Waals surface area contributed by atoms with Crippen LogP contribution in [0.25, 0.3) is 10.9 Å². The summed E-state index contributed by atoms with van der Waals surface area (Å²) in [4.78, 5) is 22.6. The number of nitrogens with one attached hydrogen (secondary N) is 1. The Balaban J connectivity index is 1.77. The number of nitrogens with zero attached hydrogens (tertiary/aromatic N) is 4. The summed E-state index contributed by atoms with van der Waals surface area (Å²) in [6, 6.07) is 11.6. The summed E-state index contributed by atoms with van der Waals surface area (Å²) in [5.41, 5.74) is 1.77. The van der Waals surface area contributed by atoms with E-state index < -0.39 is 4.92 Å². The van der Waals surface area contributed by atoms with Gasteiger partial charge in [0.1, 0.15) is 6.54 Å². The molecule has 1 heterocycles. The number of carbonyl (C=O) groups is 1.